The molecule has 0 fully saturated rings. The minimum absolute atomic E-state index is 0.0579. The molecule has 0 radical (unpaired) electrons. The van der Waals surface area contributed by atoms with Crippen molar-refractivity contribution in [3.8, 4) is 0 Å². The molecule has 0 aromatic carbocycles. The molecule has 0 N–H and O–H groups in total. The maximum atomic E-state index is 9.81. The van der Waals surface area contributed by atoms with E-state index in [0.29, 0.717) is 0 Å². The lowest BCUT2D eigenvalue weighted by molar-refractivity contribution is 0.536. The summed E-state index contributed by atoms with van der Waals surface area (Å²) in [5.74, 6) is 0.0579. The zero-order chi connectivity index (χ0) is 5.21. The molecule has 0 aliphatic heterocycles. The molecule has 0 aliphatic rings. The lowest BCUT2D eigenvalue weighted by Gasteiger charge is -2.02. The monoisotopic (exact) mass is 125 g/mol. The van der Waals surface area contributed by atoms with Gasteiger partial charge in [0.1, 0.15) is 0 Å². The molecule has 0 bridgehead atoms. The lowest BCUT2D eigenvalue weighted by Crippen LogP contribution is -1.96. The highest BCUT2D eigenvalue weighted by atomic mass is 32.8. The Morgan fingerprint density at radius 2 is 2.17 bits per heavy atom. The van der Waals surface area contributed by atoms with Gasteiger partial charge in [-0.15, -0.1) is 0 Å². The fraction of sp³-hybridized carbons (Fsp3) is 1.00. The van der Waals surface area contributed by atoms with Crippen LogP contribution < -0.4 is 0 Å². The number of hydrogen-bond acceptors (Lipinski definition) is 3. The van der Waals surface area contributed by atoms with Gasteiger partial charge < -0.3 is 4.55 Å². The molecule has 0 saturated carbocycles. The third-order valence-corrected chi connectivity index (χ3v) is 1.77. The second kappa shape index (κ2) is 1.86. The molecule has 38 valence electrons. The Morgan fingerprint density at radius 3 is 2.17 bits per heavy atom. The molecule has 0 aliphatic carbocycles. The van der Waals surface area contributed by atoms with Crippen LogP contribution >= 0.6 is 0 Å². The Bertz CT molecular complexity index is 112. The van der Waals surface area contributed by atoms with Gasteiger partial charge >= 0.3 is 0 Å². The van der Waals surface area contributed by atoms with Gasteiger partial charge in [-0.25, -0.2) is 0 Å². The van der Waals surface area contributed by atoms with Gasteiger partial charge in [0.25, 0.3) is 0 Å². The maximum Gasteiger partial charge on any atom is 0.0107 e. The molecular weight excluding hydrogens is 120 g/mol. The summed E-state index contributed by atoms with van der Waals surface area (Å²) in [5, 5.41) is 0. The highest BCUT2D eigenvalue weighted by molar-refractivity contribution is 8.29. The van der Waals surface area contributed by atoms with Crippen molar-refractivity contribution in [2.45, 2.75) is 6.92 Å². The summed E-state index contributed by atoms with van der Waals surface area (Å²) >= 11 is 3.96. The van der Waals surface area contributed by atoms with Crippen molar-refractivity contribution < 1.29 is 8.76 Å². The lowest BCUT2D eigenvalue weighted by atomic mass is 11.0. The molecular formula is C2H5O2S2-. The Morgan fingerprint density at radius 1 is 2.00 bits per heavy atom. The van der Waals surface area contributed by atoms with Gasteiger partial charge in [0.05, 0.1) is 0 Å². The van der Waals surface area contributed by atoms with Crippen LogP contribution in [0.5, 0.6) is 0 Å². The molecule has 0 saturated heterocycles. The van der Waals surface area contributed by atoms with Crippen LogP contribution in [0.15, 0.2) is 0 Å². The van der Waals surface area contributed by atoms with Crippen molar-refractivity contribution in [3.63, 3.8) is 0 Å². The highest BCUT2D eigenvalue weighted by Gasteiger charge is 1.75. The Hall–Kier alpha value is 0.330. The van der Waals surface area contributed by atoms with Gasteiger partial charge in [0.15, 0.2) is 0 Å². The fourth-order valence-corrected chi connectivity index (χ4v) is 0. The molecule has 0 spiro atoms. The van der Waals surface area contributed by atoms with Crippen molar-refractivity contribution in [2.24, 2.45) is 0 Å². The normalized spacial score (nSPS) is 19.7. The zero-order valence-corrected chi connectivity index (χ0v) is 4.97. The second-order valence-corrected chi connectivity index (χ2v) is 4.06. The van der Waals surface area contributed by atoms with Crippen LogP contribution in [0.3, 0.4) is 0 Å². The van der Waals surface area contributed by atoms with E-state index in [0.717, 1.165) is 0 Å². The summed E-state index contributed by atoms with van der Waals surface area (Å²) in [6.07, 6.45) is 0. The minimum Gasteiger partial charge on any atom is -0.769 e. The molecule has 6 heavy (non-hydrogen) atoms. The van der Waals surface area contributed by atoms with E-state index in [4.69, 9.17) is 0 Å². The van der Waals surface area contributed by atoms with Crippen LogP contribution in [0.25, 0.3) is 0 Å². The molecule has 1 atom stereocenters. The van der Waals surface area contributed by atoms with Crippen LogP contribution in [-0.2, 0) is 20.0 Å². The van der Waals surface area contributed by atoms with Gasteiger partial charge in [0.2, 0.25) is 0 Å². The molecule has 0 aromatic heterocycles. The molecule has 0 amide bonds. The van der Waals surface area contributed by atoms with E-state index in [2.05, 4.69) is 11.2 Å². The van der Waals surface area contributed by atoms with Crippen molar-refractivity contribution in [2.75, 3.05) is 5.75 Å². The predicted octanol–water partition coefficient (Wildman–Crippen LogP) is -0.117. The Labute approximate surface area is 42.1 Å². The van der Waals surface area contributed by atoms with Crippen LogP contribution in [0.2, 0.25) is 0 Å². The number of rotatable bonds is 1. The summed E-state index contributed by atoms with van der Waals surface area (Å²) in [7, 11) is -3.08. The first-order chi connectivity index (χ1) is 2.56. The quantitative estimate of drug-likeness (QED) is 0.490. The van der Waals surface area contributed by atoms with Gasteiger partial charge in [0, 0.05) is 5.75 Å². The highest BCUT2D eigenvalue weighted by Crippen LogP contribution is 1.75. The fourth-order valence-electron chi connectivity index (χ4n) is 0. The van der Waals surface area contributed by atoms with E-state index in [-0.39, 0.29) is 5.75 Å². The van der Waals surface area contributed by atoms with Gasteiger partial charge in [-0.2, -0.15) is 0 Å². The van der Waals surface area contributed by atoms with Crippen molar-refractivity contribution in [3.05, 3.63) is 0 Å². The van der Waals surface area contributed by atoms with E-state index < -0.39 is 8.77 Å². The third kappa shape index (κ3) is 4.33. The molecule has 4 heteroatoms. The average Bonchev–Trinajstić information content (AvgIpc) is 1.35. The zero-order valence-electron chi connectivity index (χ0n) is 3.34. The summed E-state index contributed by atoms with van der Waals surface area (Å²) < 4.78 is 19.6. The van der Waals surface area contributed by atoms with Crippen LogP contribution in [-0.4, -0.2) is 14.5 Å². The van der Waals surface area contributed by atoms with E-state index in [1.165, 1.54) is 6.92 Å². The van der Waals surface area contributed by atoms with Crippen molar-refractivity contribution in [1.82, 2.24) is 0 Å². The SMILES string of the molecule is CCS(=O)([O-])=S. The molecule has 0 heterocycles. The topological polar surface area (TPSA) is 40.1 Å². The Balaban J connectivity index is 3.85. The first-order valence-electron chi connectivity index (χ1n) is 1.50. The Kier molecular flexibility index (Phi) is 1.96. The first kappa shape index (κ1) is 6.33. The second-order valence-electron chi connectivity index (χ2n) is 0.846. The molecule has 2 nitrogen and oxygen atoms in total. The largest absolute Gasteiger partial charge is 0.769 e. The summed E-state index contributed by atoms with van der Waals surface area (Å²) in [6, 6.07) is 0. The summed E-state index contributed by atoms with van der Waals surface area (Å²) in [6.45, 7) is 1.52. The van der Waals surface area contributed by atoms with Crippen LogP contribution in [0.1, 0.15) is 6.92 Å². The van der Waals surface area contributed by atoms with E-state index in [1.807, 2.05) is 0 Å². The summed E-state index contributed by atoms with van der Waals surface area (Å²) in [5.41, 5.74) is 0. The molecule has 0 rings (SSSR count). The van der Waals surface area contributed by atoms with E-state index in [9.17, 15) is 8.76 Å². The minimum atomic E-state index is -3.08. The van der Waals surface area contributed by atoms with Crippen molar-refractivity contribution >= 4 is 20.0 Å². The molecule has 0 aromatic rings. The van der Waals surface area contributed by atoms with Crippen molar-refractivity contribution in [1.29, 1.82) is 0 Å². The third-order valence-electron chi connectivity index (χ3n) is 0.354. The standard InChI is InChI=1S/C2H6O2S2/c1-2-6(3,4)5/h2H2,1H3,(H,3,4,5)/p-1. The van der Waals surface area contributed by atoms with E-state index in [1.54, 1.807) is 0 Å². The van der Waals surface area contributed by atoms with Gasteiger partial charge in [-0.05, 0) is 20.0 Å². The summed E-state index contributed by atoms with van der Waals surface area (Å²) in [4.78, 5) is 0. The van der Waals surface area contributed by atoms with E-state index >= 15 is 0 Å². The predicted molar refractivity (Wildman–Crippen MR) is 26.8 cm³/mol. The van der Waals surface area contributed by atoms with Gasteiger partial charge in [-0.1, -0.05) is 6.92 Å². The molecule has 1 unspecified atom stereocenters. The van der Waals surface area contributed by atoms with Gasteiger partial charge in [-0.3, -0.25) is 4.21 Å². The van der Waals surface area contributed by atoms with Crippen LogP contribution in [0, 0.1) is 0 Å². The first-order valence-corrected chi connectivity index (χ1v) is 4.07. The maximum absolute atomic E-state index is 9.81. The smallest absolute Gasteiger partial charge is 0.0107 e. The number of hydrogen-bond donors (Lipinski definition) is 0. The average molecular weight is 125 g/mol. The van der Waals surface area contributed by atoms with Crippen LogP contribution in [0.4, 0.5) is 0 Å².